The molecule has 3 aromatic rings. The van der Waals surface area contributed by atoms with Crippen LogP contribution in [-0.4, -0.2) is 60.8 Å². The van der Waals surface area contributed by atoms with Crippen LogP contribution in [0, 0.1) is 11.8 Å². The van der Waals surface area contributed by atoms with E-state index in [4.69, 9.17) is 0 Å². The lowest BCUT2D eigenvalue weighted by Crippen LogP contribution is -2.38. The van der Waals surface area contributed by atoms with Gasteiger partial charge in [-0.2, -0.15) is 0 Å². The number of carbonyl (C=O) groups is 6. The summed E-state index contributed by atoms with van der Waals surface area (Å²) >= 11 is 0. The molecule has 0 radical (unpaired) electrons. The van der Waals surface area contributed by atoms with Crippen LogP contribution in [0.1, 0.15) is 52.6 Å². The quantitative estimate of drug-likeness (QED) is 0.240. The molecule has 0 heterocycles. The fraction of sp³-hybridized carbons (Fsp3) is 0.250. The molecule has 2 N–H and O–H groups in total. The first-order chi connectivity index (χ1) is 22.5. The number of Topliss-reactive ketones (excluding diaryl/α,β-unsaturated/α-hetero) is 4. The molecule has 0 spiro atoms. The summed E-state index contributed by atoms with van der Waals surface area (Å²) in [6.45, 7) is -0.151. The van der Waals surface area contributed by atoms with Crippen LogP contribution in [0.3, 0.4) is 0 Å². The summed E-state index contributed by atoms with van der Waals surface area (Å²) in [7, 11) is 0. The van der Waals surface area contributed by atoms with E-state index in [0.717, 1.165) is 36.4 Å². The van der Waals surface area contributed by atoms with Gasteiger partial charge in [-0.25, -0.2) is 0 Å². The second kappa shape index (κ2) is 12.9. The summed E-state index contributed by atoms with van der Waals surface area (Å²) in [6.07, 6.45) is -9.42. The molecule has 2 amide bonds. The number of amides is 2. The summed E-state index contributed by atoms with van der Waals surface area (Å²) in [5, 5.41) is 4.86. The van der Waals surface area contributed by atoms with Crippen LogP contribution < -0.4 is 20.1 Å². The van der Waals surface area contributed by atoms with Gasteiger partial charge in [-0.05, 0) is 60.4 Å². The van der Waals surface area contributed by atoms with Crippen LogP contribution in [0.2, 0.25) is 0 Å². The van der Waals surface area contributed by atoms with E-state index in [1.165, 1.54) is 24.3 Å². The normalized spacial score (nSPS) is 15.0. The van der Waals surface area contributed by atoms with Gasteiger partial charge < -0.3 is 20.1 Å². The van der Waals surface area contributed by atoms with Gasteiger partial charge in [0.2, 0.25) is 11.8 Å². The Bertz CT molecular complexity index is 1630. The predicted octanol–water partition coefficient (Wildman–Crippen LogP) is 4.19. The van der Waals surface area contributed by atoms with E-state index in [1.54, 1.807) is 0 Å². The molecule has 0 aliphatic heterocycles. The molecule has 16 heteroatoms. The van der Waals surface area contributed by atoms with Crippen molar-refractivity contribution in [2.24, 2.45) is 11.8 Å². The molecule has 0 atom stereocenters. The predicted molar refractivity (Wildman–Crippen MR) is 150 cm³/mol. The molecule has 3 aromatic carbocycles. The highest BCUT2D eigenvalue weighted by Gasteiger charge is 2.49. The first kappa shape index (κ1) is 33.8. The number of alkyl halides is 6. The molecular formula is C32H22F6N2O8. The molecule has 0 saturated heterocycles. The molecule has 0 bridgehead atoms. The third-order valence-electron chi connectivity index (χ3n) is 7.53. The van der Waals surface area contributed by atoms with E-state index in [2.05, 4.69) is 20.1 Å². The zero-order valence-electron chi connectivity index (χ0n) is 24.3. The van der Waals surface area contributed by atoms with Crippen LogP contribution in [0.4, 0.5) is 26.3 Å². The number of halogens is 6. The van der Waals surface area contributed by atoms with E-state index in [-0.39, 0.29) is 48.2 Å². The Hall–Kier alpha value is -5.54. The summed E-state index contributed by atoms with van der Waals surface area (Å²) in [4.78, 5) is 77.9. The maximum Gasteiger partial charge on any atom is 0.573 e. The van der Waals surface area contributed by atoms with Crippen molar-refractivity contribution in [1.29, 1.82) is 0 Å². The Kier molecular flexibility index (Phi) is 9.11. The van der Waals surface area contributed by atoms with Gasteiger partial charge in [0.25, 0.3) is 0 Å². The van der Waals surface area contributed by atoms with Gasteiger partial charge in [-0.3, -0.25) is 28.8 Å². The summed E-state index contributed by atoms with van der Waals surface area (Å²) in [5.41, 5.74) is -0.00655. The number of hydrogen-bond donors (Lipinski definition) is 2. The lowest BCUT2D eigenvalue weighted by molar-refractivity contribution is -0.275. The van der Waals surface area contributed by atoms with E-state index in [9.17, 15) is 55.1 Å². The fourth-order valence-electron chi connectivity index (χ4n) is 5.33. The van der Waals surface area contributed by atoms with Crippen molar-refractivity contribution in [3.63, 3.8) is 0 Å². The molecule has 2 aliphatic carbocycles. The topological polar surface area (TPSA) is 145 Å². The number of benzene rings is 3. The average molecular weight is 677 g/mol. The molecule has 0 aromatic heterocycles. The van der Waals surface area contributed by atoms with Crippen LogP contribution in [0.15, 0.2) is 60.7 Å². The van der Waals surface area contributed by atoms with Crippen molar-refractivity contribution in [1.82, 2.24) is 10.6 Å². The second-order valence-electron chi connectivity index (χ2n) is 10.7. The van der Waals surface area contributed by atoms with E-state index >= 15 is 0 Å². The fourth-order valence-corrected chi connectivity index (χ4v) is 5.33. The highest BCUT2D eigenvalue weighted by Crippen LogP contribution is 2.35. The van der Waals surface area contributed by atoms with Gasteiger partial charge in [0.1, 0.15) is 11.5 Å². The molecule has 48 heavy (non-hydrogen) atoms. The third kappa shape index (κ3) is 7.37. The number of ether oxygens (including phenoxy) is 2. The maximum atomic E-state index is 13.1. The number of carbonyl (C=O) groups excluding carboxylic acids is 6. The van der Waals surface area contributed by atoms with Crippen LogP contribution in [0.25, 0.3) is 0 Å². The minimum atomic E-state index is -4.85. The molecule has 0 saturated carbocycles. The Balaban J connectivity index is 1.17. The molecule has 0 unspecified atom stereocenters. The van der Waals surface area contributed by atoms with Crippen molar-refractivity contribution in [3.05, 3.63) is 94.0 Å². The average Bonchev–Trinajstić information content (AvgIpc) is 3.39. The van der Waals surface area contributed by atoms with Crippen LogP contribution >= 0.6 is 0 Å². The van der Waals surface area contributed by atoms with Gasteiger partial charge in [-0.15, -0.1) is 26.3 Å². The highest BCUT2D eigenvalue weighted by molar-refractivity contribution is 6.39. The zero-order valence-corrected chi connectivity index (χ0v) is 24.3. The Labute approximate surface area is 266 Å². The lowest BCUT2D eigenvalue weighted by atomic mass is 10.0. The Morgan fingerprint density at radius 2 is 0.833 bits per heavy atom. The molecular weight excluding hydrogens is 654 g/mol. The van der Waals surface area contributed by atoms with Crippen molar-refractivity contribution >= 4 is 34.9 Å². The second-order valence-corrected chi connectivity index (χ2v) is 10.7. The van der Waals surface area contributed by atoms with Crippen molar-refractivity contribution in [3.8, 4) is 11.5 Å². The van der Waals surface area contributed by atoms with E-state index < -0.39 is 71.0 Å². The highest BCUT2D eigenvalue weighted by atomic mass is 19.4. The lowest BCUT2D eigenvalue weighted by Gasteiger charge is -2.11. The smallest absolute Gasteiger partial charge is 0.406 e. The van der Waals surface area contributed by atoms with Gasteiger partial charge in [-0.1, -0.05) is 24.3 Å². The number of rotatable bonds is 10. The van der Waals surface area contributed by atoms with Gasteiger partial charge >= 0.3 is 12.7 Å². The van der Waals surface area contributed by atoms with Gasteiger partial charge in [0, 0.05) is 35.3 Å². The van der Waals surface area contributed by atoms with Gasteiger partial charge in [0.05, 0.1) is 0 Å². The van der Waals surface area contributed by atoms with Crippen LogP contribution in [0.5, 0.6) is 11.5 Å². The zero-order chi connectivity index (χ0) is 35.0. The minimum Gasteiger partial charge on any atom is -0.406 e. The third-order valence-corrected chi connectivity index (χ3v) is 7.53. The molecule has 250 valence electrons. The Morgan fingerprint density at radius 1 is 0.542 bits per heavy atom. The number of ketones is 4. The van der Waals surface area contributed by atoms with Crippen molar-refractivity contribution in [2.45, 2.75) is 25.6 Å². The summed E-state index contributed by atoms with van der Waals surface area (Å²) in [6, 6.07) is 11.8. The summed E-state index contributed by atoms with van der Waals surface area (Å²) < 4.78 is 81.6. The molecule has 5 rings (SSSR count). The van der Waals surface area contributed by atoms with E-state index in [1.807, 2.05) is 0 Å². The summed E-state index contributed by atoms with van der Waals surface area (Å²) in [5.74, 6) is -9.99. The standard InChI is InChI=1S/C32H22F6N2O8/c33-31(34,35)47-17-5-1-15(2-6-17)9-11-39-29(45)23-25(41)19-13-21-22(14-20(19)26(23)42)28(44)24(27(21)43)30(46)40-12-10-16-3-7-18(8-4-16)48-32(36,37)38/h1-8,13-14,23-24H,9-12H2,(H,39,45)(H,40,46). The number of fused-ring (bicyclic) bond motifs is 2. The Morgan fingerprint density at radius 3 is 1.10 bits per heavy atom. The van der Waals surface area contributed by atoms with Crippen LogP contribution in [-0.2, 0) is 22.4 Å². The van der Waals surface area contributed by atoms with Gasteiger partial charge in [0.15, 0.2) is 35.0 Å². The monoisotopic (exact) mass is 676 g/mol. The van der Waals surface area contributed by atoms with Crippen molar-refractivity contribution in [2.75, 3.05) is 13.1 Å². The molecule has 0 fully saturated rings. The van der Waals surface area contributed by atoms with Crippen molar-refractivity contribution < 1.29 is 64.6 Å². The largest absolute Gasteiger partial charge is 0.573 e. The first-order valence-corrected chi connectivity index (χ1v) is 14.1. The minimum absolute atomic E-state index is 0.0756. The number of hydrogen-bond acceptors (Lipinski definition) is 8. The SMILES string of the molecule is O=C(NCCc1ccc(OC(F)(F)F)cc1)C1C(=O)c2cc3c(cc2C1=O)C(=O)C(C(=O)NCCc1ccc(OC(F)(F)F)cc1)C3=O. The molecule has 2 aliphatic rings. The molecule has 10 nitrogen and oxygen atoms in total. The number of nitrogens with one attached hydrogen (secondary N) is 2. The van der Waals surface area contributed by atoms with E-state index in [0.29, 0.717) is 11.1 Å². The first-order valence-electron chi connectivity index (χ1n) is 14.1. The maximum absolute atomic E-state index is 13.1.